The minimum absolute atomic E-state index is 0.0802. The predicted molar refractivity (Wildman–Crippen MR) is 69.2 cm³/mol. The fourth-order valence-corrected chi connectivity index (χ4v) is 1.86. The van der Waals surface area contributed by atoms with Gasteiger partial charge in [0.2, 0.25) is 5.91 Å². The number of thiazole rings is 1. The SMILES string of the molecule is CC(CNC(=O)COC(C)(C)C)c1nccs1. The molecule has 0 aliphatic carbocycles. The van der Waals surface area contributed by atoms with E-state index in [1.807, 2.05) is 33.1 Å². The first-order valence-electron chi connectivity index (χ1n) is 5.68. The Morgan fingerprint density at radius 2 is 2.29 bits per heavy atom. The summed E-state index contributed by atoms with van der Waals surface area (Å²) in [5, 5.41) is 5.83. The molecule has 96 valence electrons. The van der Waals surface area contributed by atoms with Crippen molar-refractivity contribution in [3.63, 3.8) is 0 Å². The van der Waals surface area contributed by atoms with E-state index >= 15 is 0 Å². The fraction of sp³-hybridized carbons (Fsp3) is 0.667. The quantitative estimate of drug-likeness (QED) is 0.878. The molecule has 0 saturated carbocycles. The molecule has 0 bridgehead atoms. The van der Waals surface area contributed by atoms with Crippen molar-refractivity contribution in [1.29, 1.82) is 0 Å². The summed E-state index contributed by atoms with van der Waals surface area (Å²) in [6, 6.07) is 0. The summed E-state index contributed by atoms with van der Waals surface area (Å²) in [5.41, 5.74) is -0.280. The molecule has 4 nitrogen and oxygen atoms in total. The van der Waals surface area contributed by atoms with Crippen LogP contribution < -0.4 is 5.32 Å². The van der Waals surface area contributed by atoms with Gasteiger partial charge in [-0.1, -0.05) is 6.92 Å². The van der Waals surface area contributed by atoms with Crippen LogP contribution in [0.15, 0.2) is 11.6 Å². The number of ether oxygens (including phenoxy) is 1. The number of rotatable bonds is 5. The maximum absolute atomic E-state index is 11.5. The molecule has 0 aromatic carbocycles. The molecule has 0 saturated heterocycles. The van der Waals surface area contributed by atoms with Crippen molar-refractivity contribution < 1.29 is 9.53 Å². The van der Waals surface area contributed by atoms with E-state index in [4.69, 9.17) is 4.74 Å². The third kappa shape index (κ3) is 5.79. The summed E-state index contributed by atoms with van der Waals surface area (Å²) < 4.78 is 5.39. The number of carbonyl (C=O) groups excluding carboxylic acids is 1. The van der Waals surface area contributed by atoms with Gasteiger partial charge >= 0.3 is 0 Å². The monoisotopic (exact) mass is 256 g/mol. The molecule has 0 fully saturated rings. The lowest BCUT2D eigenvalue weighted by atomic mass is 10.2. The topological polar surface area (TPSA) is 51.2 Å². The van der Waals surface area contributed by atoms with Crippen LogP contribution in [0.5, 0.6) is 0 Å². The largest absolute Gasteiger partial charge is 0.366 e. The van der Waals surface area contributed by atoms with Gasteiger partial charge in [0.25, 0.3) is 0 Å². The number of hydrogen-bond acceptors (Lipinski definition) is 4. The molecule has 5 heteroatoms. The van der Waals surface area contributed by atoms with E-state index < -0.39 is 0 Å². The fourth-order valence-electron chi connectivity index (χ4n) is 1.17. The molecular weight excluding hydrogens is 236 g/mol. The second kappa shape index (κ2) is 6.12. The van der Waals surface area contributed by atoms with Crippen LogP contribution in [0.4, 0.5) is 0 Å². The number of hydrogen-bond donors (Lipinski definition) is 1. The molecule has 1 amide bonds. The highest BCUT2D eigenvalue weighted by Gasteiger charge is 2.14. The summed E-state index contributed by atoms with van der Waals surface area (Å²) in [7, 11) is 0. The molecule has 0 aliphatic rings. The van der Waals surface area contributed by atoms with Gasteiger partial charge in [0.1, 0.15) is 6.61 Å². The van der Waals surface area contributed by atoms with E-state index in [-0.39, 0.29) is 24.0 Å². The first kappa shape index (κ1) is 14.1. The van der Waals surface area contributed by atoms with E-state index in [1.165, 1.54) is 0 Å². The van der Waals surface area contributed by atoms with Crippen molar-refractivity contribution in [2.75, 3.05) is 13.2 Å². The van der Waals surface area contributed by atoms with Gasteiger partial charge in [-0.15, -0.1) is 11.3 Å². The second-order valence-electron chi connectivity index (χ2n) is 4.98. The summed E-state index contributed by atoms with van der Waals surface area (Å²) in [5.74, 6) is 0.164. The maximum atomic E-state index is 11.5. The average molecular weight is 256 g/mol. The Labute approximate surface area is 106 Å². The Kier molecular flexibility index (Phi) is 5.08. The van der Waals surface area contributed by atoms with Crippen molar-refractivity contribution in [1.82, 2.24) is 10.3 Å². The van der Waals surface area contributed by atoms with Gasteiger partial charge in [-0.3, -0.25) is 4.79 Å². The second-order valence-corrected chi connectivity index (χ2v) is 5.90. The lowest BCUT2D eigenvalue weighted by Crippen LogP contribution is -2.34. The number of aromatic nitrogens is 1. The standard InChI is InChI=1S/C12H20N2O2S/c1-9(11-13-5-6-17-11)7-14-10(15)8-16-12(2,3)4/h5-6,9H,7-8H2,1-4H3,(H,14,15). The summed E-state index contributed by atoms with van der Waals surface area (Å²) in [6.45, 7) is 8.53. The van der Waals surface area contributed by atoms with Gasteiger partial charge in [-0.25, -0.2) is 4.98 Å². The van der Waals surface area contributed by atoms with Crippen molar-refractivity contribution in [2.24, 2.45) is 0 Å². The summed E-state index contributed by atoms with van der Waals surface area (Å²) in [6.07, 6.45) is 1.78. The summed E-state index contributed by atoms with van der Waals surface area (Å²) >= 11 is 1.61. The summed E-state index contributed by atoms with van der Waals surface area (Å²) in [4.78, 5) is 15.7. The Morgan fingerprint density at radius 1 is 1.59 bits per heavy atom. The number of nitrogens with one attached hydrogen (secondary N) is 1. The molecular formula is C12H20N2O2S. The first-order valence-corrected chi connectivity index (χ1v) is 6.56. The third-order valence-corrected chi connectivity index (χ3v) is 3.12. The Hall–Kier alpha value is -0.940. The lowest BCUT2D eigenvalue weighted by Gasteiger charge is -2.19. The number of carbonyl (C=O) groups is 1. The van der Waals surface area contributed by atoms with Crippen LogP contribution in [-0.2, 0) is 9.53 Å². The molecule has 1 unspecified atom stereocenters. The van der Waals surface area contributed by atoms with Crippen molar-refractivity contribution in [3.05, 3.63) is 16.6 Å². The molecule has 1 N–H and O–H groups in total. The molecule has 1 aromatic heterocycles. The minimum atomic E-state index is -0.280. The average Bonchev–Trinajstić information content (AvgIpc) is 2.75. The van der Waals surface area contributed by atoms with Crippen LogP contribution in [0.25, 0.3) is 0 Å². The maximum Gasteiger partial charge on any atom is 0.246 e. The zero-order valence-corrected chi connectivity index (χ0v) is 11.6. The van der Waals surface area contributed by atoms with E-state index in [2.05, 4.69) is 10.3 Å². The van der Waals surface area contributed by atoms with Crippen molar-refractivity contribution in [3.8, 4) is 0 Å². The van der Waals surface area contributed by atoms with Gasteiger partial charge < -0.3 is 10.1 Å². The Morgan fingerprint density at radius 3 is 2.82 bits per heavy atom. The van der Waals surface area contributed by atoms with Crippen LogP contribution in [-0.4, -0.2) is 29.6 Å². The Bertz CT molecular complexity index is 344. The highest BCUT2D eigenvalue weighted by molar-refractivity contribution is 7.09. The normalized spacial score (nSPS) is 13.4. The minimum Gasteiger partial charge on any atom is -0.366 e. The molecule has 0 spiro atoms. The van der Waals surface area contributed by atoms with Gasteiger partial charge in [-0.05, 0) is 20.8 Å². The number of nitrogens with zero attached hydrogens (tertiary/aromatic N) is 1. The highest BCUT2D eigenvalue weighted by atomic mass is 32.1. The van der Waals surface area contributed by atoms with Gasteiger partial charge in [0.15, 0.2) is 0 Å². The molecule has 1 atom stereocenters. The van der Waals surface area contributed by atoms with Crippen LogP contribution in [0.1, 0.15) is 38.6 Å². The van der Waals surface area contributed by atoms with Gasteiger partial charge in [-0.2, -0.15) is 0 Å². The molecule has 1 heterocycles. The predicted octanol–water partition coefficient (Wildman–Crippen LogP) is 2.18. The van der Waals surface area contributed by atoms with Gasteiger partial charge in [0, 0.05) is 24.0 Å². The number of amides is 1. The van der Waals surface area contributed by atoms with Crippen molar-refractivity contribution >= 4 is 17.2 Å². The highest BCUT2D eigenvalue weighted by Crippen LogP contribution is 2.16. The molecule has 17 heavy (non-hydrogen) atoms. The molecule has 1 rings (SSSR count). The van der Waals surface area contributed by atoms with Crippen LogP contribution in [0.2, 0.25) is 0 Å². The van der Waals surface area contributed by atoms with Crippen LogP contribution in [0, 0.1) is 0 Å². The first-order chi connectivity index (χ1) is 7.88. The molecule has 1 aromatic rings. The van der Waals surface area contributed by atoms with E-state index in [0.29, 0.717) is 6.54 Å². The van der Waals surface area contributed by atoms with Gasteiger partial charge in [0.05, 0.1) is 10.6 Å². The van der Waals surface area contributed by atoms with E-state index in [0.717, 1.165) is 5.01 Å². The lowest BCUT2D eigenvalue weighted by molar-refractivity contribution is -0.130. The Balaban J connectivity index is 2.24. The third-order valence-electron chi connectivity index (χ3n) is 2.11. The zero-order chi connectivity index (χ0) is 12.9. The van der Waals surface area contributed by atoms with Crippen LogP contribution >= 0.6 is 11.3 Å². The molecule has 0 radical (unpaired) electrons. The van der Waals surface area contributed by atoms with E-state index in [9.17, 15) is 4.79 Å². The van der Waals surface area contributed by atoms with E-state index in [1.54, 1.807) is 17.5 Å². The van der Waals surface area contributed by atoms with Crippen molar-refractivity contribution in [2.45, 2.75) is 39.2 Å². The van der Waals surface area contributed by atoms with Crippen LogP contribution in [0.3, 0.4) is 0 Å². The molecule has 0 aliphatic heterocycles. The smallest absolute Gasteiger partial charge is 0.246 e. The zero-order valence-electron chi connectivity index (χ0n) is 10.8.